The molecule has 1 unspecified atom stereocenters. The molecule has 0 fully saturated rings. The van der Waals surface area contributed by atoms with Gasteiger partial charge < -0.3 is 42.9 Å². The van der Waals surface area contributed by atoms with Crippen LogP contribution >= 0.6 is 0 Å². The average Bonchev–Trinajstić information content (AvgIpc) is 2.96. The summed E-state index contributed by atoms with van der Waals surface area (Å²) in [6, 6.07) is -4.85. The Morgan fingerprint density at radius 2 is 1.07 bits per heavy atom. The van der Waals surface area contributed by atoms with Crippen molar-refractivity contribution >= 4 is 41.5 Å². The van der Waals surface area contributed by atoms with Gasteiger partial charge in [0.1, 0.15) is 24.2 Å². The van der Waals surface area contributed by atoms with Gasteiger partial charge in [0.15, 0.2) is 0 Å². The molecule has 0 aromatic heterocycles. The molecule has 0 radical (unpaired) electrons. The van der Waals surface area contributed by atoms with Crippen molar-refractivity contribution in [1.82, 2.24) is 21.3 Å². The van der Waals surface area contributed by atoms with E-state index in [2.05, 4.69) is 28.2 Å². The fraction of sp³-hybridized carbons (Fsp3) is 0.759. The zero-order chi connectivity index (χ0) is 33.5. The van der Waals surface area contributed by atoms with Crippen LogP contribution in [0.25, 0.3) is 0 Å². The molecule has 10 N–H and O–H groups in total. The van der Waals surface area contributed by atoms with E-state index in [1.165, 1.54) is 39.0 Å². The van der Waals surface area contributed by atoms with Crippen LogP contribution in [0.15, 0.2) is 0 Å². The molecule has 0 saturated heterocycles. The van der Waals surface area contributed by atoms with Crippen molar-refractivity contribution in [3.63, 3.8) is 0 Å². The van der Waals surface area contributed by atoms with Crippen LogP contribution < -0.4 is 32.7 Å². The molecule has 5 amide bonds. The number of carbonyl (C=O) groups excluding carboxylic acids is 5. The number of amides is 5. The summed E-state index contributed by atoms with van der Waals surface area (Å²) in [6.07, 6.45) is 9.45. The van der Waals surface area contributed by atoms with Gasteiger partial charge in [-0.15, -0.1) is 0 Å². The van der Waals surface area contributed by atoms with Gasteiger partial charge in [-0.2, -0.15) is 0 Å². The Kier molecular flexibility index (Phi) is 21.7. The summed E-state index contributed by atoms with van der Waals surface area (Å²) in [6.45, 7) is 3.24. The Labute approximate surface area is 259 Å². The van der Waals surface area contributed by atoms with Crippen LogP contribution in [0.1, 0.15) is 110 Å². The molecule has 0 bridgehead atoms. The number of rotatable bonds is 26. The predicted molar refractivity (Wildman–Crippen MR) is 162 cm³/mol. The number of carbonyl (C=O) groups is 7. The Hall–Kier alpha value is -3.75. The summed E-state index contributed by atoms with van der Waals surface area (Å²) in [5.41, 5.74) is 10.4. The van der Waals surface area contributed by atoms with Crippen LogP contribution in [-0.2, 0) is 33.6 Å². The van der Waals surface area contributed by atoms with Crippen LogP contribution in [0.5, 0.6) is 0 Å². The molecule has 0 aromatic rings. The summed E-state index contributed by atoms with van der Waals surface area (Å²) in [7, 11) is 0. The molecule has 0 saturated carbocycles. The second-order valence-electron chi connectivity index (χ2n) is 10.9. The third-order valence-corrected chi connectivity index (χ3v) is 7.04. The summed E-state index contributed by atoms with van der Waals surface area (Å²) in [5, 5.41) is 28.4. The molecule has 0 spiro atoms. The largest absolute Gasteiger partial charge is 0.480 e. The van der Waals surface area contributed by atoms with Gasteiger partial charge in [-0.25, -0.2) is 9.59 Å². The van der Waals surface area contributed by atoms with E-state index in [0.29, 0.717) is 6.42 Å². The molecular weight excluding hydrogens is 576 g/mol. The van der Waals surface area contributed by atoms with Gasteiger partial charge in [-0.3, -0.25) is 24.0 Å². The van der Waals surface area contributed by atoms with Crippen LogP contribution in [0.2, 0.25) is 0 Å². The standard InChI is InChI=1S/C29H52N6O9/c1-3-4-5-6-7-8-9-10-11-15-23(36)32-19(2)27(40)35-22(29(43)44)16-17-24(37)34-21(28(41)42)14-12-13-20(26(31)39)33-25(38)18-30/h19-22H,3-18,30H2,1-2H3,(H2,31,39)(H,32,36)(H,33,38)(H,34,37)(H,35,40)(H,41,42)(H,43,44)/t19-,20-,21?,22+/m0/s1. The molecule has 4 atom stereocenters. The van der Waals surface area contributed by atoms with Gasteiger partial charge in [-0.05, 0) is 39.0 Å². The molecule has 0 aromatic carbocycles. The lowest BCUT2D eigenvalue weighted by Gasteiger charge is -2.20. The molecule has 0 aliphatic rings. The van der Waals surface area contributed by atoms with Crippen molar-refractivity contribution in [1.29, 1.82) is 0 Å². The SMILES string of the molecule is CCCCCCCCCCCC(=O)N[C@@H](C)C(=O)N[C@H](CCC(=O)NC(CCC[C@H](NC(=O)CN)C(N)=O)C(=O)O)C(=O)O. The number of carboxylic acid groups (broad SMARTS) is 2. The van der Waals surface area contributed by atoms with Crippen molar-refractivity contribution in [2.45, 2.75) is 134 Å². The molecule has 44 heavy (non-hydrogen) atoms. The average molecular weight is 629 g/mol. The van der Waals surface area contributed by atoms with Gasteiger partial charge in [0.2, 0.25) is 29.5 Å². The number of carboxylic acids is 2. The van der Waals surface area contributed by atoms with E-state index in [0.717, 1.165) is 19.3 Å². The van der Waals surface area contributed by atoms with E-state index >= 15 is 0 Å². The van der Waals surface area contributed by atoms with E-state index in [-0.39, 0.29) is 44.6 Å². The highest BCUT2D eigenvalue weighted by Crippen LogP contribution is 2.11. The van der Waals surface area contributed by atoms with Gasteiger partial charge in [-0.1, -0.05) is 58.3 Å². The van der Waals surface area contributed by atoms with E-state index in [4.69, 9.17) is 11.5 Å². The van der Waals surface area contributed by atoms with Gasteiger partial charge in [0.05, 0.1) is 6.54 Å². The second-order valence-corrected chi connectivity index (χ2v) is 10.9. The van der Waals surface area contributed by atoms with E-state index in [9.17, 15) is 43.8 Å². The van der Waals surface area contributed by atoms with Gasteiger partial charge >= 0.3 is 11.9 Å². The molecule has 15 nitrogen and oxygen atoms in total. The lowest BCUT2D eigenvalue weighted by Crippen LogP contribution is -2.50. The zero-order valence-corrected chi connectivity index (χ0v) is 26.0. The number of nitrogens with two attached hydrogens (primary N) is 2. The van der Waals surface area contributed by atoms with E-state index < -0.39 is 66.2 Å². The number of unbranched alkanes of at least 4 members (excludes halogenated alkanes) is 8. The lowest BCUT2D eigenvalue weighted by molar-refractivity contribution is -0.143. The van der Waals surface area contributed by atoms with Crippen molar-refractivity contribution < 1.29 is 43.8 Å². The molecule has 15 heteroatoms. The predicted octanol–water partition coefficient (Wildman–Crippen LogP) is 0.430. The first kappa shape index (κ1) is 40.2. The van der Waals surface area contributed by atoms with E-state index in [1.807, 2.05) is 0 Å². The van der Waals surface area contributed by atoms with Crippen LogP contribution in [0.4, 0.5) is 0 Å². The highest BCUT2D eigenvalue weighted by molar-refractivity contribution is 5.90. The Bertz CT molecular complexity index is 946. The van der Waals surface area contributed by atoms with Crippen LogP contribution in [-0.4, -0.2) is 82.4 Å². The first-order valence-electron chi connectivity index (χ1n) is 15.5. The maximum Gasteiger partial charge on any atom is 0.326 e. The maximum absolute atomic E-state index is 12.5. The first-order chi connectivity index (χ1) is 20.8. The molecule has 252 valence electrons. The summed E-state index contributed by atoms with van der Waals surface area (Å²) in [4.78, 5) is 83.3. The summed E-state index contributed by atoms with van der Waals surface area (Å²) < 4.78 is 0. The third-order valence-electron chi connectivity index (χ3n) is 7.04. The Balaban J connectivity index is 4.59. The molecule has 0 rings (SSSR count). The van der Waals surface area contributed by atoms with Crippen molar-refractivity contribution in [3.8, 4) is 0 Å². The first-order valence-corrected chi connectivity index (χ1v) is 15.5. The maximum atomic E-state index is 12.5. The second kappa shape index (κ2) is 23.7. The fourth-order valence-electron chi connectivity index (χ4n) is 4.39. The summed E-state index contributed by atoms with van der Waals surface area (Å²) >= 11 is 0. The zero-order valence-electron chi connectivity index (χ0n) is 26.0. The van der Waals surface area contributed by atoms with Crippen LogP contribution in [0, 0.1) is 0 Å². The van der Waals surface area contributed by atoms with Gasteiger partial charge in [0.25, 0.3) is 0 Å². The van der Waals surface area contributed by atoms with E-state index in [1.54, 1.807) is 0 Å². The topological polar surface area (TPSA) is 260 Å². The number of hydrogen-bond acceptors (Lipinski definition) is 8. The number of primary amides is 1. The van der Waals surface area contributed by atoms with Gasteiger partial charge in [0, 0.05) is 12.8 Å². The molecular formula is C29H52N6O9. The normalized spacial score (nSPS) is 13.5. The number of aliphatic carboxylic acids is 2. The Morgan fingerprint density at radius 3 is 1.59 bits per heavy atom. The minimum atomic E-state index is -1.45. The highest BCUT2D eigenvalue weighted by Gasteiger charge is 2.26. The Morgan fingerprint density at radius 1 is 0.591 bits per heavy atom. The quantitative estimate of drug-likeness (QED) is 0.0612. The molecule has 0 aliphatic carbocycles. The lowest BCUT2D eigenvalue weighted by atomic mass is 10.0. The molecule has 0 heterocycles. The van der Waals surface area contributed by atoms with Crippen molar-refractivity contribution in [3.05, 3.63) is 0 Å². The minimum Gasteiger partial charge on any atom is -0.480 e. The monoisotopic (exact) mass is 628 g/mol. The minimum absolute atomic E-state index is 0.0156. The third kappa shape index (κ3) is 19.4. The van der Waals surface area contributed by atoms with Crippen molar-refractivity contribution in [2.75, 3.05) is 6.54 Å². The van der Waals surface area contributed by atoms with Crippen LogP contribution in [0.3, 0.4) is 0 Å². The smallest absolute Gasteiger partial charge is 0.326 e. The van der Waals surface area contributed by atoms with Crippen molar-refractivity contribution in [2.24, 2.45) is 11.5 Å². The summed E-state index contributed by atoms with van der Waals surface area (Å²) in [5.74, 6) is -5.98. The number of nitrogens with one attached hydrogen (secondary N) is 4. The molecule has 0 aliphatic heterocycles. The number of hydrogen-bond donors (Lipinski definition) is 8. The highest BCUT2D eigenvalue weighted by atomic mass is 16.4. The fourth-order valence-corrected chi connectivity index (χ4v) is 4.39.